The van der Waals surface area contributed by atoms with Crippen molar-refractivity contribution in [2.45, 2.75) is 64.8 Å². The Balaban J connectivity index is 1.59. The fourth-order valence-electron chi connectivity index (χ4n) is 4.01. The predicted molar refractivity (Wildman–Crippen MR) is 148 cm³/mol. The number of pyridine rings is 1. The van der Waals surface area contributed by atoms with Gasteiger partial charge in [0.2, 0.25) is 0 Å². The quantitative estimate of drug-likeness (QED) is 0.179. The van der Waals surface area contributed by atoms with E-state index in [0.717, 1.165) is 11.1 Å². The lowest BCUT2D eigenvalue weighted by Crippen LogP contribution is -2.41. The number of imidazole rings is 1. The Morgan fingerprint density at radius 2 is 1.76 bits per heavy atom. The molecular weight excluding hydrogens is 480 g/mol. The molecule has 7 nitrogen and oxygen atoms in total. The van der Waals surface area contributed by atoms with Gasteiger partial charge in [-0.15, -0.1) is 0 Å². The van der Waals surface area contributed by atoms with Crippen molar-refractivity contribution in [2.24, 2.45) is 0 Å². The summed E-state index contributed by atoms with van der Waals surface area (Å²) in [4.78, 5) is 26.5. The first-order chi connectivity index (χ1) is 17.6. The molecule has 3 aromatic heterocycles. The number of ether oxygens (including phenoxy) is 1. The van der Waals surface area contributed by atoms with E-state index in [4.69, 9.17) is 14.1 Å². The highest BCUT2D eigenvalue weighted by Crippen LogP contribution is 2.38. The van der Waals surface area contributed by atoms with E-state index in [0.29, 0.717) is 42.4 Å². The molecule has 3 heterocycles. The number of nitrogens with zero attached hydrogens (tertiary/aromatic N) is 4. The van der Waals surface area contributed by atoms with Gasteiger partial charge in [0.1, 0.15) is 18.6 Å². The Morgan fingerprint density at radius 1 is 1.05 bits per heavy atom. The number of carbonyl (C=O) groups excluding carboxylic acids is 1. The molecule has 0 N–H and O–H groups in total. The standard InChI is InChI=1S/C29H36N4O3Si/c1-21-27(33-14-10-13-26(28(33)32-21)35-18-22-16-30-20-31-17-22)25(34)15-24(23-11-8-7-9-12-23)19-36-37(5,6)29(2,3)4/h7-14,16-17,20,24H,15,18-19H2,1-6H3/t24-/m0/s1. The monoisotopic (exact) mass is 516 g/mol. The minimum Gasteiger partial charge on any atom is -0.485 e. The van der Waals surface area contributed by atoms with Crippen LogP contribution in [0.1, 0.15) is 60.4 Å². The van der Waals surface area contributed by atoms with Crippen LogP contribution in [0.5, 0.6) is 5.75 Å². The SMILES string of the molecule is Cc1nc2c(OCc3cncnc3)cccn2c1C(=O)C[C@@H](CO[Si](C)(C)C(C)(C)C)c1ccccc1. The van der Waals surface area contributed by atoms with Crippen molar-refractivity contribution in [2.75, 3.05) is 6.61 Å². The minimum atomic E-state index is -1.97. The van der Waals surface area contributed by atoms with Crippen LogP contribution in [0.25, 0.3) is 5.65 Å². The first kappa shape index (κ1) is 26.7. The van der Waals surface area contributed by atoms with Crippen molar-refractivity contribution in [1.82, 2.24) is 19.4 Å². The largest absolute Gasteiger partial charge is 0.485 e. The number of Topliss-reactive ketones (excluding diaryl/α,β-unsaturated/α-hetero) is 1. The van der Waals surface area contributed by atoms with Gasteiger partial charge in [-0.1, -0.05) is 51.1 Å². The third-order valence-electron chi connectivity index (χ3n) is 7.22. The van der Waals surface area contributed by atoms with E-state index < -0.39 is 8.32 Å². The van der Waals surface area contributed by atoms with Crippen molar-refractivity contribution in [1.29, 1.82) is 0 Å². The second-order valence-corrected chi connectivity index (χ2v) is 15.8. The molecule has 1 aromatic carbocycles. The second-order valence-electron chi connectivity index (χ2n) is 11.0. The van der Waals surface area contributed by atoms with Crippen molar-refractivity contribution < 1.29 is 14.0 Å². The van der Waals surface area contributed by atoms with Gasteiger partial charge >= 0.3 is 0 Å². The molecule has 0 fully saturated rings. The highest BCUT2D eigenvalue weighted by atomic mass is 28.4. The second kappa shape index (κ2) is 10.9. The zero-order valence-electron chi connectivity index (χ0n) is 22.6. The number of hydrogen-bond acceptors (Lipinski definition) is 6. The van der Waals surface area contributed by atoms with E-state index in [1.807, 2.05) is 47.9 Å². The van der Waals surface area contributed by atoms with Crippen LogP contribution in [0, 0.1) is 6.92 Å². The van der Waals surface area contributed by atoms with Gasteiger partial charge in [-0.25, -0.2) is 15.0 Å². The summed E-state index contributed by atoms with van der Waals surface area (Å²) < 4.78 is 14.4. The molecule has 0 amide bonds. The zero-order valence-corrected chi connectivity index (χ0v) is 23.6. The van der Waals surface area contributed by atoms with Gasteiger partial charge in [-0.05, 0) is 42.8 Å². The molecule has 4 rings (SSSR count). The maximum Gasteiger partial charge on any atom is 0.192 e. The van der Waals surface area contributed by atoms with E-state index >= 15 is 0 Å². The average Bonchev–Trinajstić information content (AvgIpc) is 3.22. The van der Waals surface area contributed by atoms with Crippen LogP contribution in [-0.4, -0.2) is 40.1 Å². The lowest BCUT2D eigenvalue weighted by Gasteiger charge is -2.37. The highest BCUT2D eigenvalue weighted by molar-refractivity contribution is 6.74. The summed E-state index contributed by atoms with van der Waals surface area (Å²) in [7, 11) is -1.97. The molecule has 0 aliphatic carbocycles. The Hall–Kier alpha value is -3.36. The molecule has 0 saturated carbocycles. The van der Waals surface area contributed by atoms with Gasteiger partial charge in [-0.3, -0.25) is 9.20 Å². The normalized spacial score (nSPS) is 13.0. The van der Waals surface area contributed by atoms with Crippen LogP contribution in [0.15, 0.2) is 67.4 Å². The Bertz CT molecular complexity index is 1350. The summed E-state index contributed by atoms with van der Waals surface area (Å²) in [6.45, 7) is 13.9. The predicted octanol–water partition coefficient (Wildman–Crippen LogP) is 6.39. The van der Waals surface area contributed by atoms with Gasteiger partial charge < -0.3 is 9.16 Å². The maximum absolute atomic E-state index is 13.8. The summed E-state index contributed by atoms with van der Waals surface area (Å²) in [6.07, 6.45) is 7.12. The van der Waals surface area contributed by atoms with E-state index in [1.165, 1.54) is 6.33 Å². The Kier molecular flexibility index (Phi) is 7.89. The van der Waals surface area contributed by atoms with Crippen molar-refractivity contribution in [3.05, 3.63) is 89.9 Å². The molecule has 0 aliphatic rings. The van der Waals surface area contributed by atoms with Gasteiger partial charge in [0, 0.05) is 43.1 Å². The molecule has 0 spiro atoms. The zero-order chi connectivity index (χ0) is 26.6. The fraction of sp³-hybridized carbons (Fsp3) is 0.379. The van der Waals surface area contributed by atoms with Crippen molar-refractivity contribution in [3.63, 3.8) is 0 Å². The van der Waals surface area contributed by atoms with Gasteiger partial charge in [-0.2, -0.15) is 0 Å². The molecule has 37 heavy (non-hydrogen) atoms. The summed E-state index contributed by atoms with van der Waals surface area (Å²) >= 11 is 0. The summed E-state index contributed by atoms with van der Waals surface area (Å²) in [5.41, 5.74) is 3.85. The molecule has 0 unspecified atom stereocenters. The number of aromatic nitrogens is 4. The number of carbonyl (C=O) groups is 1. The lowest BCUT2D eigenvalue weighted by molar-refractivity contribution is 0.0955. The first-order valence-electron chi connectivity index (χ1n) is 12.6. The number of ketones is 1. The lowest BCUT2D eigenvalue weighted by atomic mass is 9.93. The van der Waals surface area contributed by atoms with Crippen LogP contribution >= 0.6 is 0 Å². The number of hydrogen-bond donors (Lipinski definition) is 0. The van der Waals surface area contributed by atoms with Gasteiger partial charge in [0.05, 0.1) is 5.69 Å². The van der Waals surface area contributed by atoms with Crippen LogP contribution in [0.4, 0.5) is 0 Å². The summed E-state index contributed by atoms with van der Waals surface area (Å²) in [6, 6.07) is 13.9. The van der Waals surface area contributed by atoms with Crippen LogP contribution in [0.3, 0.4) is 0 Å². The van der Waals surface area contributed by atoms with Crippen molar-refractivity contribution in [3.8, 4) is 5.75 Å². The Labute approximate surface area is 220 Å². The molecule has 0 aliphatic heterocycles. The molecule has 1 atom stereocenters. The molecular formula is C29H36N4O3Si. The van der Waals surface area contributed by atoms with E-state index in [1.54, 1.807) is 12.4 Å². The van der Waals surface area contributed by atoms with E-state index in [9.17, 15) is 4.79 Å². The third kappa shape index (κ3) is 6.14. The smallest absolute Gasteiger partial charge is 0.192 e. The molecule has 194 valence electrons. The topological polar surface area (TPSA) is 78.6 Å². The molecule has 0 saturated heterocycles. The van der Waals surface area contributed by atoms with Crippen molar-refractivity contribution >= 4 is 19.7 Å². The Morgan fingerprint density at radius 3 is 2.43 bits per heavy atom. The summed E-state index contributed by atoms with van der Waals surface area (Å²) in [5, 5.41) is 0.0960. The van der Waals surface area contributed by atoms with E-state index in [2.05, 4.69) is 56.0 Å². The number of fused-ring (bicyclic) bond motifs is 1. The molecule has 8 heteroatoms. The first-order valence-corrected chi connectivity index (χ1v) is 15.5. The summed E-state index contributed by atoms with van der Waals surface area (Å²) in [5.74, 6) is 0.589. The van der Waals surface area contributed by atoms with E-state index in [-0.39, 0.29) is 16.7 Å². The van der Waals surface area contributed by atoms with Gasteiger partial charge in [0.25, 0.3) is 0 Å². The number of benzene rings is 1. The maximum atomic E-state index is 13.8. The number of aryl methyl sites for hydroxylation is 1. The van der Waals surface area contributed by atoms with Crippen LogP contribution in [0.2, 0.25) is 18.1 Å². The number of rotatable bonds is 10. The molecule has 0 bridgehead atoms. The average molecular weight is 517 g/mol. The van der Waals surface area contributed by atoms with Crippen LogP contribution < -0.4 is 4.74 Å². The minimum absolute atomic E-state index is 0.0336. The fourth-order valence-corrected chi connectivity index (χ4v) is 5.07. The molecule has 4 aromatic rings. The third-order valence-corrected chi connectivity index (χ3v) is 11.7. The highest BCUT2D eigenvalue weighted by Gasteiger charge is 2.38. The van der Waals surface area contributed by atoms with Gasteiger partial charge in [0.15, 0.2) is 25.5 Å². The van der Waals surface area contributed by atoms with Crippen LogP contribution in [-0.2, 0) is 11.0 Å². The molecule has 0 radical (unpaired) electrons.